The van der Waals surface area contributed by atoms with Crippen LogP contribution in [0.25, 0.3) is 0 Å². The Kier molecular flexibility index (Phi) is 11.0. The minimum atomic E-state index is 1.27. The average molecular weight is 180 g/mol. The van der Waals surface area contributed by atoms with Crippen LogP contribution in [0.2, 0.25) is 0 Å². The fraction of sp³-hybridized carbons (Fsp3) is 0.692. The van der Waals surface area contributed by atoms with Gasteiger partial charge in [0.15, 0.2) is 0 Å². The second-order valence-electron chi connectivity index (χ2n) is 3.48. The van der Waals surface area contributed by atoms with Crippen molar-refractivity contribution in [2.24, 2.45) is 0 Å². The number of hydrogen-bond acceptors (Lipinski definition) is 0. The predicted molar refractivity (Wildman–Crippen MR) is 61.9 cm³/mol. The number of allylic oxidation sites excluding steroid dienone is 4. The van der Waals surface area contributed by atoms with E-state index in [1.54, 1.807) is 0 Å². The standard InChI is InChI=1S/C13H24/c1-3-5-7-9-11-13-12-10-8-6-4-2/h3-6H,7-13H2,1-2H3/b5-3-,6-4-. The molecular weight excluding hydrogens is 156 g/mol. The van der Waals surface area contributed by atoms with Crippen molar-refractivity contribution >= 4 is 0 Å². The molecule has 0 spiro atoms. The molecule has 0 unspecified atom stereocenters. The van der Waals surface area contributed by atoms with Gasteiger partial charge >= 0.3 is 0 Å². The summed E-state index contributed by atoms with van der Waals surface area (Å²) in [5, 5.41) is 0. The first-order chi connectivity index (χ1) is 6.41. The summed E-state index contributed by atoms with van der Waals surface area (Å²) >= 11 is 0. The van der Waals surface area contributed by atoms with Gasteiger partial charge in [-0.15, -0.1) is 0 Å². The van der Waals surface area contributed by atoms with Gasteiger partial charge in [0.25, 0.3) is 0 Å². The Labute approximate surface area is 83.7 Å². The van der Waals surface area contributed by atoms with Crippen LogP contribution in [-0.4, -0.2) is 0 Å². The maximum atomic E-state index is 2.26. The van der Waals surface area contributed by atoms with Gasteiger partial charge in [-0.1, -0.05) is 43.6 Å². The Morgan fingerprint density at radius 1 is 0.615 bits per heavy atom. The third-order valence-corrected chi connectivity index (χ3v) is 2.21. The molecule has 0 aliphatic heterocycles. The van der Waals surface area contributed by atoms with E-state index in [2.05, 4.69) is 38.2 Å². The highest BCUT2D eigenvalue weighted by Gasteiger charge is 1.87. The molecule has 0 radical (unpaired) electrons. The van der Waals surface area contributed by atoms with Crippen molar-refractivity contribution < 1.29 is 0 Å². The van der Waals surface area contributed by atoms with E-state index in [-0.39, 0.29) is 0 Å². The molecule has 13 heavy (non-hydrogen) atoms. The van der Waals surface area contributed by atoms with Gasteiger partial charge in [-0.25, -0.2) is 0 Å². The Morgan fingerprint density at radius 2 is 1.00 bits per heavy atom. The molecule has 0 saturated heterocycles. The summed E-state index contributed by atoms with van der Waals surface area (Å²) in [6.45, 7) is 4.19. The number of hydrogen-bond donors (Lipinski definition) is 0. The van der Waals surface area contributed by atoms with Crippen molar-refractivity contribution in [1.82, 2.24) is 0 Å². The summed E-state index contributed by atoms with van der Waals surface area (Å²) in [6, 6.07) is 0. The molecule has 0 aromatic carbocycles. The van der Waals surface area contributed by atoms with E-state index in [1.807, 2.05) is 0 Å². The fourth-order valence-electron chi connectivity index (χ4n) is 1.39. The molecule has 0 aromatic rings. The number of unbranched alkanes of at least 4 members (excludes halogenated alkanes) is 6. The molecule has 0 N–H and O–H groups in total. The molecule has 0 rings (SSSR count). The third kappa shape index (κ3) is 11.5. The van der Waals surface area contributed by atoms with Crippen LogP contribution >= 0.6 is 0 Å². The summed E-state index contributed by atoms with van der Waals surface area (Å²) in [5.41, 5.74) is 0. The highest BCUT2D eigenvalue weighted by atomic mass is 13.9. The second kappa shape index (κ2) is 11.5. The molecule has 0 bridgehead atoms. The molecule has 0 heterocycles. The van der Waals surface area contributed by atoms with Gasteiger partial charge in [-0.05, 0) is 39.5 Å². The van der Waals surface area contributed by atoms with Crippen LogP contribution < -0.4 is 0 Å². The van der Waals surface area contributed by atoms with Gasteiger partial charge < -0.3 is 0 Å². The van der Waals surface area contributed by atoms with E-state index in [1.165, 1.54) is 44.9 Å². The lowest BCUT2D eigenvalue weighted by molar-refractivity contribution is 0.622. The van der Waals surface area contributed by atoms with E-state index in [0.29, 0.717) is 0 Å². The van der Waals surface area contributed by atoms with E-state index in [0.717, 1.165) is 0 Å². The molecule has 0 aromatic heterocycles. The molecule has 0 amide bonds. The van der Waals surface area contributed by atoms with Gasteiger partial charge in [0.1, 0.15) is 0 Å². The van der Waals surface area contributed by atoms with Crippen molar-refractivity contribution in [1.29, 1.82) is 0 Å². The Balaban J connectivity index is 2.91. The smallest absolute Gasteiger partial charge is 0.0351 e. The Hall–Kier alpha value is -0.520. The fourth-order valence-corrected chi connectivity index (χ4v) is 1.39. The summed E-state index contributed by atoms with van der Waals surface area (Å²) in [7, 11) is 0. The van der Waals surface area contributed by atoms with Crippen LogP contribution in [0.1, 0.15) is 58.8 Å². The zero-order chi connectivity index (χ0) is 9.78. The quantitative estimate of drug-likeness (QED) is 0.369. The first-order valence-electron chi connectivity index (χ1n) is 5.64. The van der Waals surface area contributed by atoms with Crippen molar-refractivity contribution in [3.05, 3.63) is 24.3 Å². The van der Waals surface area contributed by atoms with Crippen LogP contribution in [0.5, 0.6) is 0 Å². The first-order valence-corrected chi connectivity index (χ1v) is 5.64. The summed E-state index contributed by atoms with van der Waals surface area (Å²) in [6.07, 6.45) is 18.3. The monoisotopic (exact) mass is 180 g/mol. The van der Waals surface area contributed by atoms with Crippen molar-refractivity contribution in [2.75, 3.05) is 0 Å². The van der Waals surface area contributed by atoms with Crippen LogP contribution in [0.15, 0.2) is 24.3 Å². The van der Waals surface area contributed by atoms with Gasteiger partial charge in [0.05, 0.1) is 0 Å². The van der Waals surface area contributed by atoms with Crippen LogP contribution in [0, 0.1) is 0 Å². The highest BCUT2D eigenvalue weighted by Crippen LogP contribution is 2.07. The van der Waals surface area contributed by atoms with Gasteiger partial charge in [-0.2, -0.15) is 0 Å². The van der Waals surface area contributed by atoms with E-state index in [9.17, 15) is 0 Å². The molecular formula is C13H24. The molecule has 0 nitrogen and oxygen atoms in total. The van der Waals surface area contributed by atoms with Gasteiger partial charge in [0.2, 0.25) is 0 Å². The lowest BCUT2D eigenvalue weighted by Gasteiger charge is -1.97. The molecule has 0 aliphatic rings. The third-order valence-electron chi connectivity index (χ3n) is 2.21. The lowest BCUT2D eigenvalue weighted by Crippen LogP contribution is -1.77. The van der Waals surface area contributed by atoms with Crippen LogP contribution in [0.3, 0.4) is 0 Å². The first kappa shape index (κ1) is 12.5. The Morgan fingerprint density at radius 3 is 1.38 bits per heavy atom. The topological polar surface area (TPSA) is 0 Å². The van der Waals surface area contributed by atoms with Crippen molar-refractivity contribution in [2.45, 2.75) is 58.8 Å². The maximum Gasteiger partial charge on any atom is -0.0351 e. The van der Waals surface area contributed by atoms with E-state index < -0.39 is 0 Å². The maximum absolute atomic E-state index is 2.26. The Bertz CT molecular complexity index is 115. The molecule has 0 atom stereocenters. The lowest BCUT2D eigenvalue weighted by atomic mass is 10.1. The van der Waals surface area contributed by atoms with Gasteiger partial charge in [-0.3, -0.25) is 0 Å². The van der Waals surface area contributed by atoms with Crippen LogP contribution in [-0.2, 0) is 0 Å². The minimum Gasteiger partial charge on any atom is -0.0917 e. The average Bonchev–Trinajstić information content (AvgIpc) is 2.16. The zero-order valence-electron chi connectivity index (χ0n) is 9.26. The van der Waals surface area contributed by atoms with Crippen molar-refractivity contribution in [3.63, 3.8) is 0 Å². The van der Waals surface area contributed by atoms with E-state index in [4.69, 9.17) is 0 Å². The molecule has 0 aliphatic carbocycles. The van der Waals surface area contributed by atoms with Crippen LogP contribution in [0.4, 0.5) is 0 Å². The number of rotatable bonds is 8. The minimum absolute atomic E-state index is 1.27. The molecule has 76 valence electrons. The van der Waals surface area contributed by atoms with E-state index >= 15 is 0 Å². The second-order valence-corrected chi connectivity index (χ2v) is 3.48. The summed E-state index contributed by atoms with van der Waals surface area (Å²) in [5.74, 6) is 0. The molecule has 0 saturated carbocycles. The summed E-state index contributed by atoms with van der Waals surface area (Å²) < 4.78 is 0. The highest BCUT2D eigenvalue weighted by molar-refractivity contribution is 4.77. The predicted octanol–water partition coefficient (Wildman–Crippen LogP) is 4.87. The zero-order valence-corrected chi connectivity index (χ0v) is 9.26. The van der Waals surface area contributed by atoms with Gasteiger partial charge in [0, 0.05) is 0 Å². The van der Waals surface area contributed by atoms with Crippen molar-refractivity contribution in [3.8, 4) is 0 Å². The largest absolute Gasteiger partial charge is 0.0917 e. The molecule has 0 fully saturated rings. The summed E-state index contributed by atoms with van der Waals surface area (Å²) in [4.78, 5) is 0. The normalized spacial score (nSPS) is 11.8. The SMILES string of the molecule is C/C=C\CCCCCCC/C=C\C. The molecule has 0 heteroatoms.